The molecule has 1 aliphatic rings. The quantitative estimate of drug-likeness (QED) is 0.0350. The number of nitrogens with zero attached hydrogens (tertiary/aromatic N) is 2. The Morgan fingerprint density at radius 1 is 0.525 bits per heavy atom. The van der Waals surface area contributed by atoms with E-state index in [9.17, 15) is 19.2 Å². The van der Waals surface area contributed by atoms with Gasteiger partial charge < -0.3 is 39.4 Å². The smallest absolute Gasteiger partial charge is 0.407 e. The molecule has 12 heteroatoms. The van der Waals surface area contributed by atoms with Gasteiger partial charge in [0.05, 0.1) is 26.1 Å². The molecule has 12 nitrogen and oxygen atoms in total. The SMILES string of the molecule is CCCCCCCCC(CC)OC(=O)NCCCCCOC(=O)CCN(CCC(=O)OCCCCCNC(=O)OC(CC)CCCCCCCC)CCN1CCCCC1. The van der Waals surface area contributed by atoms with Crippen molar-refractivity contribution in [3.05, 3.63) is 0 Å². The second kappa shape index (κ2) is 39.5. The Morgan fingerprint density at radius 2 is 0.949 bits per heavy atom. The molecule has 1 fully saturated rings. The van der Waals surface area contributed by atoms with Crippen molar-refractivity contribution in [2.75, 3.05) is 65.6 Å². The minimum Gasteiger partial charge on any atom is -0.466 e. The first-order valence-corrected chi connectivity index (χ1v) is 24.5. The second-order valence-electron chi connectivity index (χ2n) is 16.6. The number of ether oxygens (including phenoxy) is 4. The van der Waals surface area contributed by atoms with Gasteiger partial charge in [-0.2, -0.15) is 0 Å². The minimum atomic E-state index is -0.341. The average Bonchev–Trinajstić information content (AvgIpc) is 3.24. The summed E-state index contributed by atoms with van der Waals surface area (Å²) in [7, 11) is 0. The van der Waals surface area contributed by atoms with Crippen molar-refractivity contribution in [1.29, 1.82) is 0 Å². The Balaban J connectivity index is 2.22. The van der Waals surface area contributed by atoms with Gasteiger partial charge >= 0.3 is 24.1 Å². The first kappa shape index (κ1) is 54.4. The molecule has 0 saturated carbocycles. The number of likely N-dealkylation sites (tertiary alicyclic amines) is 1. The number of nitrogens with one attached hydrogen (secondary N) is 2. The first-order valence-electron chi connectivity index (χ1n) is 24.5. The number of carbonyl (C=O) groups is 4. The summed E-state index contributed by atoms with van der Waals surface area (Å²) < 4.78 is 22.3. The normalized spacial score (nSPS) is 14.1. The molecule has 59 heavy (non-hydrogen) atoms. The fourth-order valence-electron chi connectivity index (χ4n) is 7.39. The molecule has 0 radical (unpaired) electrons. The number of hydrogen-bond acceptors (Lipinski definition) is 10. The van der Waals surface area contributed by atoms with Gasteiger partial charge in [0.1, 0.15) is 12.2 Å². The van der Waals surface area contributed by atoms with Crippen LogP contribution in [0.25, 0.3) is 0 Å². The van der Waals surface area contributed by atoms with Crippen LogP contribution in [0.1, 0.15) is 201 Å². The summed E-state index contributed by atoms with van der Waals surface area (Å²) in [5.41, 5.74) is 0. The van der Waals surface area contributed by atoms with Crippen molar-refractivity contribution in [2.24, 2.45) is 0 Å². The van der Waals surface area contributed by atoms with Gasteiger partial charge in [-0.15, -0.1) is 0 Å². The highest BCUT2D eigenvalue weighted by Crippen LogP contribution is 2.15. The van der Waals surface area contributed by atoms with Crippen molar-refractivity contribution in [1.82, 2.24) is 20.4 Å². The Labute approximate surface area is 360 Å². The van der Waals surface area contributed by atoms with Crippen LogP contribution in [0.15, 0.2) is 0 Å². The van der Waals surface area contributed by atoms with Crippen molar-refractivity contribution in [3.63, 3.8) is 0 Å². The third-order valence-corrected chi connectivity index (χ3v) is 11.4. The Kier molecular flexibility index (Phi) is 36.5. The first-order chi connectivity index (χ1) is 28.8. The van der Waals surface area contributed by atoms with E-state index in [4.69, 9.17) is 18.9 Å². The van der Waals surface area contributed by atoms with Crippen LogP contribution in [0.4, 0.5) is 9.59 Å². The molecule has 0 aromatic rings. The van der Waals surface area contributed by atoms with Gasteiger partial charge in [-0.3, -0.25) is 9.59 Å². The van der Waals surface area contributed by atoms with Crippen LogP contribution in [0, 0.1) is 0 Å². The lowest BCUT2D eigenvalue weighted by Crippen LogP contribution is -2.39. The van der Waals surface area contributed by atoms with Crippen molar-refractivity contribution < 1.29 is 38.1 Å². The van der Waals surface area contributed by atoms with Crippen LogP contribution in [0.3, 0.4) is 0 Å². The molecule has 0 aliphatic carbocycles. The Bertz CT molecular complexity index is 960. The fourth-order valence-corrected chi connectivity index (χ4v) is 7.39. The van der Waals surface area contributed by atoms with E-state index in [-0.39, 0.29) is 49.2 Å². The van der Waals surface area contributed by atoms with E-state index in [0.717, 1.165) is 103 Å². The summed E-state index contributed by atoms with van der Waals surface area (Å²) in [6.45, 7) is 15.4. The van der Waals surface area contributed by atoms with E-state index >= 15 is 0 Å². The lowest BCUT2D eigenvalue weighted by atomic mass is 10.1. The molecule has 2 atom stereocenters. The average molecular weight is 839 g/mol. The molecular formula is C47H90N4O8. The van der Waals surface area contributed by atoms with E-state index in [1.807, 2.05) is 0 Å². The minimum absolute atomic E-state index is 0.0246. The van der Waals surface area contributed by atoms with Gasteiger partial charge in [0.2, 0.25) is 0 Å². The van der Waals surface area contributed by atoms with Gasteiger partial charge in [-0.25, -0.2) is 9.59 Å². The molecule has 1 heterocycles. The monoisotopic (exact) mass is 839 g/mol. The fraction of sp³-hybridized carbons (Fsp3) is 0.915. The number of amides is 2. The maximum absolute atomic E-state index is 12.6. The van der Waals surface area contributed by atoms with E-state index in [1.165, 1.54) is 83.5 Å². The van der Waals surface area contributed by atoms with E-state index < -0.39 is 0 Å². The van der Waals surface area contributed by atoms with E-state index in [1.54, 1.807) is 0 Å². The van der Waals surface area contributed by atoms with Crippen LogP contribution in [-0.2, 0) is 28.5 Å². The molecule has 2 unspecified atom stereocenters. The molecule has 0 aromatic carbocycles. The highest BCUT2D eigenvalue weighted by Gasteiger charge is 2.17. The molecule has 2 amide bonds. The molecule has 1 saturated heterocycles. The van der Waals surface area contributed by atoms with Gasteiger partial charge in [0.25, 0.3) is 0 Å². The lowest BCUT2D eigenvalue weighted by molar-refractivity contribution is -0.144. The second-order valence-corrected chi connectivity index (χ2v) is 16.6. The standard InChI is InChI=1S/C47H90N4O8/c1-5-9-11-13-15-20-28-42(7-3)58-46(54)48-32-22-17-26-40-56-44(52)30-36-51(39-38-50-34-24-19-25-35-50)37-31-45(53)57-41-27-18-23-33-49-47(55)59-43(8-4)29-21-16-14-12-10-6-2/h42-43H,5-41H2,1-4H3,(H,48,54)(H,49,55). The third kappa shape index (κ3) is 33.8. The van der Waals surface area contributed by atoms with Crippen molar-refractivity contribution in [3.8, 4) is 0 Å². The molecule has 0 bridgehead atoms. The number of carbonyl (C=O) groups excluding carboxylic acids is 4. The molecule has 1 aliphatic heterocycles. The number of alkyl carbamates (subject to hydrolysis) is 2. The lowest BCUT2D eigenvalue weighted by Gasteiger charge is -2.29. The van der Waals surface area contributed by atoms with E-state index in [2.05, 4.69) is 48.1 Å². The predicted molar refractivity (Wildman–Crippen MR) is 239 cm³/mol. The zero-order valence-corrected chi connectivity index (χ0v) is 38.5. The highest BCUT2D eigenvalue weighted by atomic mass is 16.6. The summed E-state index contributed by atoms with van der Waals surface area (Å²) in [6, 6.07) is 0. The predicted octanol–water partition coefficient (Wildman–Crippen LogP) is 10.5. The Morgan fingerprint density at radius 3 is 1.39 bits per heavy atom. The summed E-state index contributed by atoms with van der Waals surface area (Å²) in [4.78, 5) is 54.3. The molecular weight excluding hydrogens is 749 g/mol. The Hall–Kier alpha value is -2.60. The molecule has 346 valence electrons. The maximum Gasteiger partial charge on any atom is 0.407 e. The summed E-state index contributed by atoms with van der Waals surface area (Å²) in [5.74, 6) is -0.455. The van der Waals surface area contributed by atoms with Crippen LogP contribution >= 0.6 is 0 Å². The third-order valence-electron chi connectivity index (χ3n) is 11.4. The topological polar surface area (TPSA) is 136 Å². The molecule has 0 spiro atoms. The van der Waals surface area contributed by atoms with Crippen LogP contribution in [-0.4, -0.2) is 112 Å². The zero-order valence-electron chi connectivity index (χ0n) is 38.5. The highest BCUT2D eigenvalue weighted by molar-refractivity contribution is 5.70. The summed E-state index contributed by atoms with van der Waals surface area (Å²) >= 11 is 0. The van der Waals surface area contributed by atoms with Crippen LogP contribution in [0.2, 0.25) is 0 Å². The zero-order chi connectivity index (χ0) is 43.0. The molecule has 2 N–H and O–H groups in total. The largest absolute Gasteiger partial charge is 0.466 e. The molecule has 0 aromatic heterocycles. The number of esters is 2. The number of hydrogen-bond donors (Lipinski definition) is 2. The van der Waals surface area contributed by atoms with E-state index in [0.29, 0.717) is 39.4 Å². The van der Waals surface area contributed by atoms with Gasteiger partial charge in [0, 0.05) is 39.3 Å². The molecule has 1 rings (SSSR count). The van der Waals surface area contributed by atoms with Gasteiger partial charge in [-0.05, 0) is 103 Å². The number of rotatable bonds is 39. The van der Waals surface area contributed by atoms with Crippen LogP contribution in [0.5, 0.6) is 0 Å². The number of piperidine rings is 1. The van der Waals surface area contributed by atoms with Crippen LogP contribution < -0.4 is 10.6 Å². The summed E-state index contributed by atoms with van der Waals surface area (Å²) in [6.07, 6.45) is 26.6. The van der Waals surface area contributed by atoms with Gasteiger partial charge in [0.15, 0.2) is 0 Å². The van der Waals surface area contributed by atoms with Crippen molar-refractivity contribution >= 4 is 24.1 Å². The number of unbranched alkanes of at least 4 members (excludes halogenated alkanes) is 14. The maximum atomic E-state index is 12.6. The van der Waals surface area contributed by atoms with Crippen molar-refractivity contribution in [2.45, 2.75) is 213 Å². The summed E-state index contributed by atoms with van der Waals surface area (Å²) in [5, 5.41) is 5.73. The van der Waals surface area contributed by atoms with Gasteiger partial charge in [-0.1, -0.05) is 98.3 Å².